The van der Waals surface area contributed by atoms with Crippen molar-refractivity contribution in [3.63, 3.8) is 0 Å². The van der Waals surface area contributed by atoms with Gasteiger partial charge >= 0.3 is 13.7 Å². The van der Waals surface area contributed by atoms with E-state index in [1.165, 1.54) is 13.8 Å². The Balaban J connectivity index is 4.24. The van der Waals surface area contributed by atoms with Crippen LogP contribution in [0.1, 0.15) is 13.8 Å². The number of carboxylic acids is 1. The number of aliphatic carboxylic acids is 1. The third-order valence-corrected chi connectivity index (χ3v) is 3.62. The second-order valence-corrected chi connectivity index (χ2v) is 5.23. The highest BCUT2D eigenvalue weighted by atomic mass is 31.2. The van der Waals surface area contributed by atoms with Crippen LogP contribution in [0.5, 0.6) is 0 Å². The molecule has 70 valence electrons. The van der Waals surface area contributed by atoms with Gasteiger partial charge in [-0.15, -0.1) is 0 Å². The van der Waals surface area contributed by atoms with Crippen LogP contribution in [-0.4, -0.2) is 32.5 Å². The zero-order chi connectivity index (χ0) is 9.94. The molecule has 0 aliphatic rings. The maximum atomic E-state index is 10.3. The van der Waals surface area contributed by atoms with E-state index in [0.29, 0.717) is 0 Å². The maximum absolute atomic E-state index is 10.3. The van der Waals surface area contributed by atoms with Crippen molar-refractivity contribution < 1.29 is 19.7 Å². The van der Waals surface area contributed by atoms with Crippen LogP contribution in [0.4, 0.5) is 0 Å². The molecule has 0 radical (unpaired) electrons. The van der Waals surface area contributed by atoms with Crippen molar-refractivity contribution in [1.82, 2.24) is 0 Å². The van der Waals surface area contributed by atoms with Gasteiger partial charge in [-0.2, -0.15) is 0 Å². The van der Waals surface area contributed by atoms with Gasteiger partial charge in [0.2, 0.25) is 5.45 Å². The van der Waals surface area contributed by atoms with Gasteiger partial charge in [0, 0.05) is 6.92 Å². The standard InChI is InChI=1S/C6H12NO4P/c1-4(6(8)9)3-12(10,11)5(2)7/h4,7,10-11H,3H2,1-2H3/p+1. The van der Waals surface area contributed by atoms with Crippen LogP contribution in [0.3, 0.4) is 0 Å². The van der Waals surface area contributed by atoms with Crippen LogP contribution in [-0.2, 0) is 4.79 Å². The smallest absolute Gasteiger partial charge is 0.314 e. The van der Waals surface area contributed by atoms with Crippen LogP contribution >= 0.6 is 7.72 Å². The highest BCUT2D eigenvalue weighted by Gasteiger charge is 2.40. The van der Waals surface area contributed by atoms with Gasteiger partial charge in [-0.3, -0.25) is 10.2 Å². The molecule has 0 rings (SSSR count). The predicted molar refractivity (Wildman–Crippen MR) is 46.4 cm³/mol. The molecule has 0 aliphatic heterocycles. The first-order chi connectivity index (χ1) is 5.27. The molecule has 6 heteroatoms. The van der Waals surface area contributed by atoms with Gasteiger partial charge in [0.1, 0.15) is 6.16 Å². The Bertz CT molecular complexity index is 204. The fourth-order valence-corrected chi connectivity index (χ4v) is 1.79. The van der Waals surface area contributed by atoms with Crippen molar-refractivity contribution in [2.75, 3.05) is 6.16 Å². The molecule has 0 saturated carbocycles. The highest BCUT2D eigenvalue weighted by molar-refractivity contribution is 7.81. The van der Waals surface area contributed by atoms with E-state index in [9.17, 15) is 14.6 Å². The lowest BCUT2D eigenvalue weighted by Crippen LogP contribution is -2.18. The largest absolute Gasteiger partial charge is 0.481 e. The molecule has 1 unspecified atom stereocenters. The summed E-state index contributed by atoms with van der Waals surface area (Å²) in [7, 11) is -3.42. The Morgan fingerprint density at radius 1 is 1.58 bits per heavy atom. The summed E-state index contributed by atoms with van der Waals surface area (Å²) in [6, 6.07) is 0. The monoisotopic (exact) mass is 194 g/mol. The van der Waals surface area contributed by atoms with Crippen LogP contribution in [0.15, 0.2) is 0 Å². The first-order valence-electron chi connectivity index (χ1n) is 3.39. The molecule has 0 saturated heterocycles. The Labute approximate surface area is 71.1 Å². The molecule has 0 amide bonds. The second kappa shape index (κ2) is 3.94. The van der Waals surface area contributed by atoms with E-state index >= 15 is 0 Å². The molecule has 0 bridgehead atoms. The summed E-state index contributed by atoms with van der Waals surface area (Å²) in [6.07, 6.45) is -0.252. The van der Waals surface area contributed by atoms with E-state index in [-0.39, 0.29) is 11.6 Å². The number of rotatable bonds is 4. The number of carbonyl (C=O) groups is 1. The normalized spacial score (nSPS) is 14.0. The summed E-state index contributed by atoms with van der Waals surface area (Å²) in [4.78, 5) is 28.7. The molecule has 12 heavy (non-hydrogen) atoms. The number of hydrogen-bond acceptors (Lipinski definition) is 4. The Morgan fingerprint density at radius 3 is 2.25 bits per heavy atom. The molecule has 0 fully saturated rings. The lowest BCUT2D eigenvalue weighted by Gasteiger charge is -2.12. The summed E-state index contributed by atoms with van der Waals surface area (Å²) >= 11 is 0. The van der Waals surface area contributed by atoms with E-state index in [2.05, 4.69) is 0 Å². The van der Waals surface area contributed by atoms with Crippen molar-refractivity contribution in [2.24, 2.45) is 5.92 Å². The number of nitrogens with one attached hydrogen (secondary N) is 1. The van der Waals surface area contributed by atoms with Gasteiger partial charge < -0.3 is 5.11 Å². The fraction of sp³-hybridized carbons (Fsp3) is 0.667. The van der Waals surface area contributed by atoms with Crippen LogP contribution in [0.2, 0.25) is 0 Å². The summed E-state index contributed by atoms with van der Waals surface area (Å²) in [5.74, 6) is -1.91. The van der Waals surface area contributed by atoms with Crippen molar-refractivity contribution in [1.29, 1.82) is 5.41 Å². The van der Waals surface area contributed by atoms with Crippen molar-refractivity contribution >= 4 is 19.1 Å². The quantitative estimate of drug-likeness (QED) is 0.387. The SMILES string of the molecule is CC(=N)[P+](O)(O)CC(C)C(=O)O. The van der Waals surface area contributed by atoms with Gasteiger partial charge in [0.15, 0.2) is 0 Å². The first kappa shape index (κ1) is 11.5. The van der Waals surface area contributed by atoms with Crippen molar-refractivity contribution in [3.8, 4) is 0 Å². The van der Waals surface area contributed by atoms with E-state index in [0.717, 1.165) is 0 Å². The molecule has 0 aromatic rings. The topological polar surface area (TPSA) is 102 Å². The zero-order valence-corrected chi connectivity index (χ0v) is 7.88. The molecule has 0 heterocycles. The third kappa shape index (κ3) is 3.26. The van der Waals surface area contributed by atoms with E-state index in [1.54, 1.807) is 0 Å². The number of carboxylic acid groups (broad SMARTS) is 1. The summed E-state index contributed by atoms with van der Waals surface area (Å²) in [6.45, 7) is 2.65. The molecule has 0 aliphatic carbocycles. The Morgan fingerprint density at radius 2 is 2.00 bits per heavy atom. The molecule has 0 aromatic carbocycles. The van der Waals surface area contributed by atoms with Crippen molar-refractivity contribution in [2.45, 2.75) is 13.8 Å². The van der Waals surface area contributed by atoms with Crippen molar-refractivity contribution in [3.05, 3.63) is 0 Å². The molecular weight excluding hydrogens is 181 g/mol. The Hall–Kier alpha value is -0.510. The van der Waals surface area contributed by atoms with Crippen LogP contribution < -0.4 is 0 Å². The molecule has 0 aromatic heterocycles. The lowest BCUT2D eigenvalue weighted by molar-refractivity contribution is -0.140. The maximum Gasteiger partial charge on any atom is 0.314 e. The lowest BCUT2D eigenvalue weighted by atomic mass is 10.2. The van der Waals surface area contributed by atoms with Gasteiger partial charge in [-0.05, 0) is 6.92 Å². The van der Waals surface area contributed by atoms with Gasteiger partial charge in [0.05, 0.1) is 5.92 Å². The number of hydrogen-bond donors (Lipinski definition) is 4. The molecular formula is C6H13NO4P+. The minimum atomic E-state index is -3.42. The molecule has 0 spiro atoms. The van der Waals surface area contributed by atoms with Crippen LogP contribution in [0, 0.1) is 11.3 Å². The average Bonchev–Trinajstić information content (AvgIpc) is 1.85. The fourth-order valence-electron chi connectivity index (χ4n) is 0.597. The van der Waals surface area contributed by atoms with Gasteiger partial charge in [-0.1, -0.05) is 0 Å². The average molecular weight is 194 g/mol. The minimum Gasteiger partial charge on any atom is -0.481 e. The van der Waals surface area contributed by atoms with Gasteiger partial charge in [0.25, 0.3) is 0 Å². The summed E-state index contributed by atoms with van der Waals surface area (Å²) in [5.41, 5.74) is -0.240. The minimum absolute atomic E-state index is 0.240. The highest BCUT2D eigenvalue weighted by Crippen LogP contribution is 2.52. The molecule has 4 N–H and O–H groups in total. The Kier molecular flexibility index (Phi) is 3.77. The van der Waals surface area contributed by atoms with E-state index < -0.39 is 19.6 Å². The van der Waals surface area contributed by atoms with Gasteiger partial charge in [-0.25, -0.2) is 9.79 Å². The van der Waals surface area contributed by atoms with E-state index in [1.807, 2.05) is 0 Å². The zero-order valence-electron chi connectivity index (χ0n) is 6.98. The predicted octanol–water partition coefficient (Wildman–Crippen LogP) is 0.536. The van der Waals surface area contributed by atoms with Crippen LogP contribution in [0.25, 0.3) is 0 Å². The summed E-state index contributed by atoms with van der Waals surface area (Å²) < 4.78 is 0. The molecule has 1 atom stereocenters. The third-order valence-electron chi connectivity index (χ3n) is 1.49. The van der Waals surface area contributed by atoms with E-state index in [4.69, 9.17) is 10.5 Å². The second-order valence-electron chi connectivity index (χ2n) is 2.74. The summed E-state index contributed by atoms with van der Waals surface area (Å²) in [5, 5.41) is 15.4. The molecule has 5 nitrogen and oxygen atoms in total. The first-order valence-corrected chi connectivity index (χ1v) is 5.27.